The van der Waals surface area contributed by atoms with E-state index in [-0.39, 0.29) is 10.0 Å². The van der Waals surface area contributed by atoms with Crippen molar-refractivity contribution in [1.82, 2.24) is 5.48 Å². The Kier molecular flexibility index (Phi) is 3.97. The lowest BCUT2D eigenvalue weighted by atomic mass is 10.2. The molecule has 76 valence electrons. The number of hydrogen-bond acceptors (Lipinski definition) is 3. The van der Waals surface area contributed by atoms with Crippen LogP contribution >= 0.6 is 15.9 Å². The van der Waals surface area contributed by atoms with Crippen LogP contribution in [-0.4, -0.2) is 13.3 Å². The maximum absolute atomic E-state index is 13.2. The molecule has 1 rings (SSSR count). The molecule has 0 unspecified atom stereocenters. The van der Waals surface area contributed by atoms with Crippen LogP contribution in [0.3, 0.4) is 0 Å². The summed E-state index contributed by atoms with van der Waals surface area (Å²) in [6.07, 6.45) is 1.13. The highest BCUT2D eigenvalue weighted by Gasteiger charge is 2.09. The average molecular weight is 265 g/mol. The summed E-state index contributed by atoms with van der Waals surface area (Å²) in [7, 11) is 1.51. The van der Waals surface area contributed by atoms with Crippen molar-refractivity contribution in [2.24, 2.45) is 5.16 Å². The largest absolute Gasteiger partial charge is 0.300 e. The summed E-state index contributed by atoms with van der Waals surface area (Å²) in [6.45, 7) is 0. The molecule has 1 aromatic rings. The second-order valence-electron chi connectivity index (χ2n) is 2.29. The predicted molar refractivity (Wildman–Crippen MR) is 51.8 cm³/mol. The molecule has 0 atom stereocenters. The van der Waals surface area contributed by atoms with Gasteiger partial charge in [-0.15, -0.1) is 5.48 Å². The Morgan fingerprint density at radius 1 is 1.50 bits per heavy atom. The van der Waals surface area contributed by atoms with Crippen LogP contribution in [0.1, 0.15) is 5.56 Å². The standard InChI is InChI=1S/C8H7BrF2N2O/c1-12-14-13-4-5-2-3-6(10)7(9)8(5)11/h2-4,12H,1H3/b13-4+. The first kappa shape index (κ1) is 11.1. The lowest BCUT2D eigenvalue weighted by Gasteiger charge is -1.99. The van der Waals surface area contributed by atoms with Gasteiger partial charge in [0.15, 0.2) is 0 Å². The molecule has 1 N–H and O–H groups in total. The molecule has 14 heavy (non-hydrogen) atoms. The summed E-state index contributed by atoms with van der Waals surface area (Å²) in [5, 5.41) is 3.37. The first-order valence-corrected chi connectivity index (χ1v) is 4.45. The van der Waals surface area contributed by atoms with Crippen LogP contribution in [0.2, 0.25) is 0 Å². The summed E-state index contributed by atoms with van der Waals surface area (Å²) in [4.78, 5) is 4.41. The normalized spacial score (nSPS) is 10.9. The van der Waals surface area contributed by atoms with E-state index in [9.17, 15) is 8.78 Å². The van der Waals surface area contributed by atoms with Crippen molar-refractivity contribution < 1.29 is 13.7 Å². The molecule has 0 saturated carbocycles. The molecule has 0 spiro atoms. The quantitative estimate of drug-likeness (QED) is 0.516. The van der Waals surface area contributed by atoms with Crippen molar-refractivity contribution in [2.45, 2.75) is 0 Å². The summed E-state index contributed by atoms with van der Waals surface area (Å²) >= 11 is 2.77. The van der Waals surface area contributed by atoms with E-state index >= 15 is 0 Å². The molecule has 0 heterocycles. The number of hydrogen-bond donors (Lipinski definition) is 1. The fraction of sp³-hybridized carbons (Fsp3) is 0.125. The van der Waals surface area contributed by atoms with Crippen molar-refractivity contribution in [3.05, 3.63) is 33.8 Å². The highest BCUT2D eigenvalue weighted by molar-refractivity contribution is 9.10. The first-order valence-electron chi connectivity index (χ1n) is 3.66. The monoisotopic (exact) mass is 264 g/mol. The number of halogens is 3. The van der Waals surface area contributed by atoms with Crippen LogP contribution in [0.25, 0.3) is 0 Å². The molecular formula is C8H7BrF2N2O. The molecule has 0 amide bonds. The van der Waals surface area contributed by atoms with Crippen molar-refractivity contribution in [2.75, 3.05) is 7.05 Å². The zero-order chi connectivity index (χ0) is 10.6. The van der Waals surface area contributed by atoms with Gasteiger partial charge < -0.3 is 4.94 Å². The first-order chi connectivity index (χ1) is 6.66. The highest BCUT2D eigenvalue weighted by Crippen LogP contribution is 2.21. The molecule has 0 aliphatic heterocycles. The van der Waals surface area contributed by atoms with Crippen LogP contribution in [-0.2, 0) is 4.94 Å². The van der Waals surface area contributed by atoms with Gasteiger partial charge in [-0.1, -0.05) is 5.16 Å². The molecule has 0 aliphatic carbocycles. The van der Waals surface area contributed by atoms with Gasteiger partial charge in [-0.05, 0) is 28.1 Å². The van der Waals surface area contributed by atoms with Gasteiger partial charge in [0.25, 0.3) is 0 Å². The van der Waals surface area contributed by atoms with E-state index in [4.69, 9.17) is 0 Å². The minimum atomic E-state index is -0.714. The molecule has 0 aromatic heterocycles. The number of hydroxylamine groups is 1. The Morgan fingerprint density at radius 2 is 2.21 bits per heavy atom. The third-order valence-corrected chi connectivity index (χ3v) is 2.13. The Labute approximate surface area is 87.8 Å². The smallest absolute Gasteiger partial charge is 0.149 e. The zero-order valence-electron chi connectivity index (χ0n) is 7.22. The van der Waals surface area contributed by atoms with Gasteiger partial charge in [0.2, 0.25) is 0 Å². The average Bonchev–Trinajstić information content (AvgIpc) is 2.18. The second kappa shape index (κ2) is 5.02. The van der Waals surface area contributed by atoms with Gasteiger partial charge >= 0.3 is 0 Å². The van der Waals surface area contributed by atoms with Gasteiger partial charge in [-0.2, -0.15) is 0 Å². The van der Waals surface area contributed by atoms with Crippen molar-refractivity contribution >= 4 is 22.1 Å². The van der Waals surface area contributed by atoms with Crippen LogP contribution in [0.4, 0.5) is 8.78 Å². The van der Waals surface area contributed by atoms with E-state index in [1.54, 1.807) is 0 Å². The third kappa shape index (κ3) is 2.49. The number of rotatable bonds is 3. The van der Waals surface area contributed by atoms with Gasteiger partial charge in [0.05, 0.1) is 10.7 Å². The molecule has 0 fully saturated rings. The summed E-state index contributed by atoms with van der Waals surface area (Å²) < 4.78 is 25.8. The van der Waals surface area contributed by atoms with Crippen molar-refractivity contribution in [3.63, 3.8) is 0 Å². The Hall–Kier alpha value is -1.01. The number of oxime groups is 1. The third-order valence-electron chi connectivity index (χ3n) is 1.40. The van der Waals surface area contributed by atoms with E-state index in [0.29, 0.717) is 0 Å². The fourth-order valence-electron chi connectivity index (χ4n) is 0.776. The zero-order valence-corrected chi connectivity index (χ0v) is 8.81. The maximum Gasteiger partial charge on any atom is 0.149 e. The number of nitrogens with one attached hydrogen (secondary N) is 1. The minimum Gasteiger partial charge on any atom is -0.300 e. The van der Waals surface area contributed by atoms with Crippen LogP contribution in [0, 0.1) is 11.6 Å². The van der Waals surface area contributed by atoms with Gasteiger partial charge in [-0.3, -0.25) is 0 Å². The molecular weight excluding hydrogens is 258 g/mol. The second-order valence-corrected chi connectivity index (χ2v) is 3.09. The molecule has 1 aromatic carbocycles. The maximum atomic E-state index is 13.2. The molecule has 6 heteroatoms. The number of benzene rings is 1. The molecule has 0 radical (unpaired) electrons. The predicted octanol–water partition coefficient (Wildman–Crippen LogP) is 2.21. The van der Waals surface area contributed by atoms with Crippen LogP contribution in [0.5, 0.6) is 0 Å². The summed E-state index contributed by atoms with van der Waals surface area (Å²) in [6, 6.07) is 2.39. The SMILES string of the molecule is CNO/N=C/c1ccc(F)c(Br)c1F. The van der Waals surface area contributed by atoms with Gasteiger partial charge in [-0.25, -0.2) is 8.78 Å². The Balaban J connectivity index is 2.94. The van der Waals surface area contributed by atoms with E-state index in [0.717, 1.165) is 12.3 Å². The van der Waals surface area contributed by atoms with Gasteiger partial charge in [0.1, 0.15) is 11.6 Å². The lowest BCUT2D eigenvalue weighted by Crippen LogP contribution is -2.02. The summed E-state index contributed by atoms with van der Waals surface area (Å²) in [5.41, 5.74) is 2.41. The molecule has 0 bridgehead atoms. The Bertz CT molecular complexity index is 357. The molecule has 0 aliphatic rings. The van der Waals surface area contributed by atoms with Crippen LogP contribution in [0.15, 0.2) is 21.8 Å². The van der Waals surface area contributed by atoms with E-state index < -0.39 is 11.6 Å². The van der Waals surface area contributed by atoms with E-state index in [1.165, 1.54) is 13.1 Å². The topological polar surface area (TPSA) is 33.6 Å². The van der Waals surface area contributed by atoms with E-state index in [1.807, 2.05) is 0 Å². The fourth-order valence-corrected chi connectivity index (χ4v) is 1.14. The lowest BCUT2D eigenvalue weighted by molar-refractivity contribution is 0.0657. The summed E-state index contributed by atoms with van der Waals surface area (Å²) in [5.74, 6) is -1.37. The Morgan fingerprint density at radius 3 is 2.86 bits per heavy atom. The highest BCUT2D eigenvalue weighted by atomic mass is 79.9. The van der Waals surface area contributed by atoms with Crippen molar-refractivity contribution in [1.29, 1.82) is 0 Å². The van der Waals surface area contributed by atoms with Crippen molar-refractivity contribution in [3.8, 4) is 0 Å². The van der Waals surface area contributed by atoms with E-state index in [2.05, 4.69) is 31.5 Å². The minimum absolute atomic E-state index is 0.133. The van der Waals surface area contributed by atoms with Gasteiger partial charge in [0, 0.05) is 12.6 Å². The van der Waals surface area contributed by atoms with Crippen LogP contribution < -0.4 is 5.48 Å². The molecule has 3 nitrogen and oxygen atoms in total. The molecule has 0 saturated heterocycles. The number of nitrogens with zero attached hydrogens (tertiary/aromatic N) is 1.